The number of alkyl halides is 3. The lowest BCUT2D eigenvalue weighted by molar-refractivity contribution is -0.140. The molecule has 39 heavy (non-hydrogen) atoms. The van der Waals surface area contributed by atoms with Crippen LogP contribution in [0.15, 0.2) is 53.5 Å². The summed E-state index contributed by atoms with van der Waals surface area (Å²) in [7, 11) is 1.53. The van der Waals surface area contributed by atoms with Gasteiger partial charge in [0.15, 0.2) is 0 Å². The van der Waals surface area contributed by atoms with Gasteiger partial charge in [-0.15, -0.1) is 0 Å². The van der Waals surface area contributed by atoms with Crippen molar-refractivity contribution in [3.05, 3.63) is 65.2 Å². The molecule has 208 valence electrons. The summed E-state index contributed by atoms with van der Waals surface area (Å²) in [4.78, 5) is 45.7. The highest BCUT2D eigenvalue weighted by atomic mass is 19.4. The summed E-state index contributed by atoms with van der Waals surface area (Å²) in [5.74, 6) is -2.21. The molecule has 1 aliphatic carbocycles. The van der Waals surface area contributed by atoms with Crippen LogP contribution in [0.1, 0.15) is 56.2 Å². The smallest absolute Gasteiger partial charge is 0.383 e. The molecule has 1 aliphatic heterocycles. The second kappa shape index (κ2) is 10.8. The van der Waals surface area contributed by atoms with Gasteiger partial charge in [0.2, 0.25) is 18.0 Å². The minimum absolute atomic E-state index is 0.238. The number of fused-ring (bicyclic) bond motifs is 1. The van der Waals surface area contributed by atoms with E-state index < -0.39 is 47.3 Å². The number of benzene rings is 2. The summed E-state index contributed by atoms with van der Waals surface area (Å²) in [6, 6.07) is 11.3. The number of nitrogens with one attached hydrogen (secondary N) is 2. The molecule has 1 fully saturated rings. The molecule has 0 bridgehead atoms. The first-order valence-corrected chi connectivity index (χ1v) is 12.8. The number of hydrogen-bond donors (Lipinski definition) is 3. The third-order valence-electron chi connectivity index (χ3n) is 7.25. The monoisotopic (exact) mass is 544 g/mol. The van der Waals surface area contributed by atoms with Gasteiger partial charge in [-0.05, 0) is 37.0 Å². The molecule has 2 aliphatic rings. The first kappa shape index (κ1) is 28.3. The zero-order valence-corrected chi connectivity index (χ0v) is 21.9. The van der Waals surface area contributed by atoms with Crippen molar-refractivity contribution in [2.24, 2.45) is 10.9 Å². The molecule has 1 saturated carbocycles. The van der Waals surface area contributed by atoms with E-state index in [-0.39, 0.29) is 11.6 Å². The van der Waals surface area contributed by atoms with E-state index >= 15 is 0 Å². The van der Waals surface area contributed by atoms with E-state index in [1.165, 1.54) is 24.1 Å². The quantitative estimate of drug-likeness (QED) is 0.518. The first-order valence-electron chi connectivity index (χ1n) is 12.8. The Balaban J connectivity index is 1.71. The number of nitrogens with zero attached hydrogens (tertiary/aromatic N) is 2. The molecule has 2 aromatic rings. The van der Waals surface area contributed by atoms with Crippen LogP contribution in [-0.4, -0.2) is 53.4 Å². The second-order valence-corrected chi connectivity index (χ2v) is 10.3. The van der Waals surface area contributed by atoms with Crippen molar-refractivity contribution in [1.82, 2.24) is 10.6 Å². The van der Waals surface area contributed by atoms with Gasteiger partial charge < -0.3 is 20.6 Å². The highest BCUT2D eigenvalue weighted by Crippen LogP contribution is 2.33. The number of aliphatic hydroxyl groups excluding tert-OH is 1. The molecule has 2 aromatic carbocycles. The average molecular weight is 545 g/mol. The SMILES string of the molecule is CC(C)C(O)C(=O)NC1(C(=O)NC2N=C(c3ccc(C(F)(F)F)cc3)c3ccccc3N(C)C2=O)CCCC1. The fourth-order valence-electron chi connectivity index (χ4n) is 4.93. The molecular formula is C28H31F3N4O4. The fraction of sp³-hybridized carbons (Fsp3) is 0.429. The molecule has 1 heterocycles. The molecule has 2 unspecified atom stereocenters. The fourth-order valence-corrected chi connectivity index (χ4v) is 4.93. The van der Waals surface area contributed by atoms with Crippen molar-refractivity contribution in [3.8, 4) is 0 Å². The highest BCUT2D eigenvalue weighted by Gasteiger charge is 2.45. The molecule has 0 radical (unpaired) electrons. The van der Waals surface area contributed by atoms with Crippen LogP contribution < -0.4 is 15.5 Å². The zero-order chi connectivity index (χ0) is 28.5. The number of benzodiazepines with no additional fused rings is 1. The maximum absolute atomic E-state index is 13.6. The lowest BCUT2D eigenvalue weighted by Gasteiger charge is -2.32. The number of para-hydroxylation sites is 1. The minimum atomic E-state index is -4.52. The number of anilines is 1. The van der Waals surface area contributed by atoms with E-state index in [2.05, 4.69) is 15.6 Å². The lowest BCUT2D eigenvalue weighted by Crippen LogP contribution is -2.62. The number of halogens is 3. The number of amides is 3. The van der Waals surface area contributed by atoms with Gasteiger partial charge in [0.25, 0.3) is 5.91 Å². The number of rotatable bonds is 6. The first-order chi connectivity index (χ1) is 18.3. The van der Waals surface area contributed by atoms with Crippen molar-refractivity contribution >= 4 is 29.1 Å². The number of aliphatic hydroxyl groups is 1. The normalized spacial score (nSPS) is 19.7. The molecule has 0 saturated heterocycles. The van der Waals surface area contributed by atoms with E-state index in [0.29, 0.717) is 42.5 Å². The van der Waals surface area contributed by atoms with Crippen LogP contribution in [0.5, 0.6) is 0 Å². The molecule has 0 aromatic heterocycles. The Morgan fingerprint density at radius 1 is 1.08 bits per heavy atom. The van der Waals surface area contributed by atoms with Crippen LogP contribution in [-0.2, 0) is 20.6 Å². The number of likely N-dealkylation sites (N-methyl/N-ethyl adjacent to an activating group) is 1. The van der Waals surface area contributed by atoms with Crippen molar-refractivity contribution < 1.29 is 32.7 Å². The van der Waals surface area contributed by atoms with Crippen molar-refractivity contribution in [1.29, 1.82) is 0 Å². The number of aliphatic imine (C=N–C) groups is 1. The maximum atomic E-state index is 13.6. The van der Waals surface area contributed by atoms with Crippen molar-refractivity contribution in [3.63, 3.8) is 0 Å². The Bertz CT molecular complexity index is 1280. The Morgan fingerprint density at radius 2 is 1.69 bits per heavy atom. The molecule has 4 rings (SSSR count). The Labute approximate surface area is 224 Å². The summed E-state index contributed by atoms with van der Waals surface area (Å²) >= 11 is 0. The molecule has 0 spiro atoms. The van der Waals surface area contributed by atoms with Crippen LogP contribution in [0.4, 0.5) is 18.9 Å². The molecule has 3 N–H and O–H groups in total. The number of hydrogen-bond acceptors (Lipinski definition) is 5. The summed E-state index contributed by atoms with van der Waals surface area (Å²) < 4.78 is 39.5. The molecule has 11 heteroatoms. The average Bonchev–Trinajstić information content (AvgIpc) is 3.35. The third-order valence-corrected chi connectivity index (χ3v) is 7.25. The summed E-state index contributed by atoms with van der Waals surface area (Å²) in [6.07, 6.45) is -5.26. The minimum Gasteiger partial charge on any atom is -0.383 e. The number of carbonyl (C=O) groups is 3. The van der Waals surface area contributed by atoms with Gasteiger partial charge in [-0.2, -0.15) is 13.2 Å². The van der Waals surface area contributed by atoms with Crippen LogP contribution in [0.2, 0.25) is 0 Å². The van der Waals surface area contributed by atoms with Crippen LogP contribution in [0.3, 0.4) is 0 Å². The Hall–Kier alpha value is -3.73. The molecule has 2 atom stereocenters. The maximum Gasteiger partial charge on any atom is 0.416 e. The van der Waals surface area contributed by atoms with Gasteiger partial charge in [-0.3, -0.25) is 14.4 Å². The van der Waals surface area contributed by atoms with Gasteiger partial charge in [0.1, 0.15) is 11.6 Å². The Morgan fingerprint density at radius 3 is 2.28 bits per heavy atom. The number of carbonyl (C=O) groups excluding carboxylic acids is 3. The standard InChI is InChI=1S/C28H31F3N4O4/c1-16(2)22(36)24(37)34-27(14-6-7-15-27)26(39)33-23-25(38)35(3)20-9-5-4-8-19(20)21(32-23)17-10-12-18(13-11-17)28(29,30)31/h4-5,8-13,16,22-23,36H,6-7,14-15H2,1-3H3,(H,33,39)(H,34,37). The van der Waals surface area contributed by atoms with Crippen LogP contribution in [0, 0.1) is 5.92 Å². The summed E-state index contributed by atoms with van der Waals surface area (Å²) in [6.45, 7) is 3.36. The van der Waals surface area contributed by atoms with Crippen LogP contribution in [0.25, 0.3) is 0 Å². The van der Waals surface area contributed by atoms with Gasteiger partial charge >= 0.3 is 6.18 Å². The molecular weight excluding hydrogens is 513 g/mol. The molecule has 3 amide bonds. The van der Waals surface area contributed by atoms with Crippen molar-refractivity contribution in [2.45, 2.75) is 63.5 Å². The molecule has 8 nitrogen and oxygen atoms in total. The van der Waals surface area contributed by atoms with E-state index in [0.717, 1.165) is 12.1 Å². The van der Waals surface area contributed by atoms with Gasteiger partial charge in [0.05, 0.1) is 17.0 Å². The topological polar surface area (TPSA) is 111 Å². The predicted octanol–water partition coefficient (Wildman–Crippen LogP) is 3.41. The highest BCUT2D eigenvalue weighted by molar-refractivity contribution is 6.20. The van der Waals surface area contributed by atoms with Crippen LogP contribution >= 0.6 is 0 Å². The van der Waals surface area contributed by atoms with E-state index in [1.54, 1.807) is 38.1 Å². The third kappa shape index (κ3) is 5.68. The van der Waals surface area contributed by atoms with Crippen molar-refractivity contribution in [2.75, 3.05) is 11.9 Å². The van der Waals surface area contributed by atoms with Gasteiger partial charge in [-0.25, -0.2) is 4.99 Å². The largest absolute Gasteiger partial charge is 0.416 e. The van der Waals surface area contributed by atoms with E-state index in [1.807, 2.05) is 0 Å². The van der Waals surface area contributed by atoms with E-state index in [9.17, 15) is 32.7 Å². The van der Waals surface area contributed by atoms with E-state index in [4.69, 9.17) is 0 Å². The zero-order valence-electron chi connectivity index (χ0n) is 21.9. The lowest BCUT2D eigenvalue weighted by atomic mass is 9.94. The van der Waals surface area contributed by atoms with Gasteiger partial charge in [0, 0.05) is 18.2 Å². The Kier molecular flexibility index (Phi) is 7.83. The second-order valence-electron chi connectivity index (χ2n) is 10.3. The predicted molar refractivity (Wildman–Crippen MR) is 139 cm³/mol. The summed E-state index contributed by atoms with van der Waals surface area (Å²) in [5.41, 5.74) is -0.594. The van der Waals surface area contributed by atoms with Gasteiger partial charge in [-0.1, -0.05) is 57.0 Å². The summed E-state index contributed by atoms with van der Waals surface area (Å²) in [5, 5.41) is 15.6.